The lowest BCUT2D eigenvalue weighted by molar-refractivity contribution is -0.141. The normalized spacial score (nSPS) is 13.3. The van der Waals surface area contributed by atoms with Crippen molar-refractivity contribution < 1.29 is 28.3 Å². The number of amides is 2. The van der Waals surface area contributed by atoms with Crippen LogP contribution in [-0.4, -0.2) is 35.0 Å². The molecule has 0 aromatic heterocycles. The summed E-state index contributed by atoms with van der Waals surface area (Å²) < 4.78 is 27.2. The van der Waals surface area contributed by atoms with Crippen LogP contribution in [0.3, 0.4) is 0 Å². The van der Waals surface area contributed by atoms with Crippen LogP contribution in [0.15, 0.2) is 18.2 Å². The smallest absolute Gasteiger partial charge is 0.325 e. The van der Waals surface area contributed by atoms with Crippen LogP contribution in [0.2, 0.25) is 0 Å². The zero-order valence-corrected chi connectivity index (χ0v) is 12.9. The first-order chi connectivity index (χ1) is 10.6. The third kappa shape index (κ3) is 4.73. The number of carbonyl (C=O) groups excluding carboxylic acids is 2. The zero-order chi connectivity index (χ0) is 17.7. The average molecular weight is 328 g/mol. The van der Waals surface area contributed by atoms with E-state index in [1.54, 1.807) is 13.8 Å². The maximum atomic E-state index is 13.6. The lowest BCUT2D eigenvalue weighted by atomic mass is 10.0. The van der Waals surface area contributed by atoms with E-state index in [9.17, 15) is 23.2 Å². The monoisotopic (exact) mass is 328 g/mol. The highest BCUT2D eigenvalue weighted by Crippen LogP contribution is 2.13. The molecule has 0 bridgehead atoms. The molecule has 0 fully saturated rings. The van der Waals surface area contributed by atoms with Crippen LogP contribution >= 0.6 is 0 Å². The summed E-state index contributed by atoms with van der Waals surface area (Å²) in [7, 11) is 0. The summed E-state index contributed by atoms with van der Waals surface area (Å²) in [5.41, 5.74) is -0.794. The molecule has 23 heavy (non-hydrogen) atoms. The van der Waals surface area contributed by atoms with Gasteiger partial charge in [0.2, 0.25) is 5.91 Å². The fourth-order valence-corrected chi connectivity index (χ4v) is 1.83. The second-order valence-corrected chi connectivity index (χ2v) is 5.36. The molecular weight excluding hydrogens is 310 g/mol. The first kappa shape index (κ1) is 18.5. The molecule has 1 unspecified atom stereocenters. The minimum Gasteiger partial charge on any atom is -0.480 e. The molecule has 8 heteroatoms. The van der Waals surface area contributed by atoms with Crippen molar-refractivity contribution in [1.82, 2.24) is 10.6 Å². The Kier molecular flexibility index (Phi) is 6.18. The molecule has 1 aromatic rings. The molecular formula is C15H18F2N2O4. The molecule has 3 N–H and O–H groups in total. The second kappa shape index (κ2) is 7.66. The molecule has 0 saturated carbocycles. The Bertz CT molecular complexity index is 599. The van der Waals surface area contributed by atoms with Gasteiger partial charge in [0, 0.05) is 0 Å². The quantitative estimate of drug-likeness (QED) is 0.734. The highest BCUT2D eigenvalue weighted by atomic mass is 19.1. The van der Waals surface area contributed by atoms with Crippen molar-refractivity contribution >= 4 is 17.8 Å². The van der Waals surface area contributed by atoms with Gasteiger partial charge in [-0.3, -0.25) is 14.4 Å². The van der Waals surface area contributed by atoms with E-state index in [2.05, 4.69) is 10.6 Å². The Labute approximate surface area is 131 Å². The van der Waals surface area contributed by atoms with Crippen LogP contribution in [0.5, 0.6) is 0 Å². The molecule has 6 nitrogen and oxygen atoms in total. The van der Waals surface area contributed by atoms with Crippen molar-refractivity contribution in [3.63, 3.8) is 0 Å². The summed E-state index contributed by atoms with van der Waals surface area (Å²) >= 11 is 0. The summed E-state index contributed by atoms with van der Waals surface area (Å²) in [6.45, 7) is 4.47. The largest absolute Gasteiger partial charge is 0.480 e. The fraction of sp³-hybridized carbons (Fsp3) is 0.400. The number of hydrogen-bond acceptors (Lipinski definition) is 3. The van der Waals surface area contributed by atoms with E-state index < -0.39 is 53.0 Å². The van der Waals surface area contributed by atoms with Gasteiger partial charge in [0.05, 0.1) is 0 Å². The molecule has 0 radical (unpaired) electrons. The van der Waals surface area contributed by atoms with Gasteiger partial charge < -0.3 is 15.7 Å². The maximum absolute atomic E-state index is 13.6. The molecule has 2 amide bonds. The summed E-state index contributed by atoms with van der Waals surface area (Å²) in [4.78, 5) is 34.9. The number of aliphatic carboxylic acids is 1. The Morgan fingerprint density at radius 3 is 2.00 bits per heavy atom. The lowest BCUT2D eigenvalue weighted by Crippen LogP contribution is -2.53. The van der Waals surface area contributed by atoms with Gasteiger partial charge in [-0.15, -0.1) is 0 Å². The Balaban J connectivity index is 2.94. The Morgan fingerprint density at radius 2 is 1.57 bits per heavy atom. The number of carbonyl (C=O) groups is 3. The van der Waals surface area contributed by atoms with Crippen LogP contribution in [0, 0.1) is 17.6 Å². The zero-order valence-electron chi connectivity index (χ0n) is 12.9. The number of nitrogens with one attached hydrogen (secondary N) is 2. The first-order valence-corrected chi connectivity index (χ1v) is 6.93. The third-order valence-corrected chi connectivity index (χ3v) is 3.15. The molecule has 2 atom stereocenters. The van der Waals surface area contributed by atoms with Crippen LogP contribution in [0.25, 0.3) is 0 Å². The number of carboxylic acids is 1. The van der Waals surface area contributed by atoms with E-state index in [0.717, 1.165) is 18.2 Å². The number of hydrogen-bond donors (Lipinski definition) is 3. The van der Waals surface area contributed by atoms with Gasteiger partial charge in [-0.05, 0) is 25.0 Å². The van der Waals surface area contributed by atoms with Gasteiger partial charge in [0.25, 0.3) is 5.91 Å². The van der Waals surface area contributed by atoms with Gasteiger partial charge in [0.15, 0.2) is 0 Å². The van der Waals surface area contributed by atoms with E-state index in [0.29, 0.717) is 0 Å². The van der Waals surface area contributed by atoms with E-state index in [1.807, 2.05) is 0 Å². The van der Waals surface area contributed by atoms with E-state index >= 15 is 0 Å². The third-order valence-electron chi connectivity index (χ3n) is 3.15. The molecule has 0 saturated heterocycles. The maximum Gasteiger partial charge on any atom is 0.325 e. The van der Waals surface area contributed by atoms with E-state index in [4.69, 9.17) is 5.11 Å². The van der Waals surface area contributed by atoms with Crippen LogP contribution in [0.1, 0.15) is 31.1 Å². The Morgan fingerprint density at radius 1 is 1.04 bits per heavy atom. The number of rotatable bonds is 6. The number of carboxylic acid groups (broad SMARTS) is 1. The summed E-state index contributed by atoms with van der Waals surface area (Å²) in [5, 5.41) is 13.2. The van der Waals surface area contributed by atoms with Gasteiger partial charge in [-0.25, -0.2) is 8.78 Å². The van der Waals surface area contributed by atoms with E-state index in [1.165, 1.54) is 6.92 Å². The van der Waals surface area contributed by atoms with Crippen LogP contribution in [0.4, 0.5) is 8.78 Å². The van der Waals surface area contributed by atoms with Crippen molar-refractivity contribution in [2.24, 2.45) is 5.92 Å². The van der Waals surface area contributed by atoms with Crippen molar-refractivity contribution in [1.29, 1.82) is 0 Å². The molecule has 0 aliphatic heterocycles. The van der Waals surface area contributed by atoms with Gasteiger partial charge in [-0.2, -0.15) is 0 Å². The summed E-state index contributed by atoms with van der Waals surface area (Å²) in [6.07, 6.45) is 0. The topological polar surface area (TPSA) is 95.5 Å². The lowest BCUT2D eigenvalue weighted by Gasteiger charge is -2.23. The van der Waals surface area contributed by atoms with Crippen molar-refractivity contribution in [2.45, 2.75) is 32.9 Å². The van der Waals surface area contributed by atoms with Crippen molar-refractivity contribution in [3.05, 3.63) is 35.4 Å². The van der Waals surface area contributed by atoms with Crippen molar-refractivity contribution in [3.8, 4) is 0 Å². The Hall–Kier alpha value is -2.51. The molecule has 1 aromatic carbocycles. The molecule has 126 valence electrons. The molecule has 0 heterocycles. The fourth-order valence-electron chi connectivity index (χ4n) is 1.83. The average Bonchev–Trinajstić information content (AvgIpc) is 2.43. The molecule has 0 spiro atoms. The van der Waals surface area contributed by atoms with Gasteiger partial charge in [-0.1, -0.05) is 19.9 Å². The second-order valence-electron chi connectivity index (χ2n) is 5.36. The predicted molar refractivity (Wildman–Crippen MR) is 77.7 cm³/mol. The van der Waals surface area contributed by atoms with Crippen LogP contribution < -0.4 is 10.6 Å². The first-order valence-electron chi connectivity index (χ1n) is 6.93. The van der Waals surface area contributed by atoms with Gasteiger partial charge >= 0.3 is 5.97 Å². The summed E-state index contributed by atoms with van der Waals surface area (Å²) in [5.74, 6) is -5.60. The van der Waals surface area contributed by atoms with E-state index in [-0.39, 0.29) is 0 Å². The number of benzene rings is 1. The minimum atomic E-state index is -1.24. The molecule has 1 rings (SSSR count). The highest BCUT2D eigenvalue weighted by Gasteiger charge is 2.28. The number of halogens is 2. The van der Waals surface area contributed by atoms with Crippen LogP contribution in [-0.2, 0) is 9.59 Å². The SMILES string of the molecule is CC(C)C(NC(=O)c1c(F)cccc1F)C(=O)N[C@H](C)C(=O)O. The standard InChI is InChI=1S/C15H18F2N2O4/c1-7(2)12(14(21)18-8(3)15(22)23)19-13(20)11-9(16)5-4-6-10(11)17/h4-8,12H,1-3H3,(H,18,21)(H,19,20)(H,22,23)/t8-,12?/m1/s1. The minimum absolute atomic E-state index is 0.422. The highest BCUT2D eigenvalue weighted by molar-refractivity contribution is 5.98. The molecule has 0 aliphatic rings. The molecule has 0 aliphatic carbocycles. The van der Waals surface area contributed by atoms with Crippen molar-refractivity contribution in [2.75, 3.05) is 0 Å². The van der Waals surface area contributed by atoms with Gasteiger partial charge in [0.1, 0.15) is 29.3 Å². The predicted octanol–water partition coefficient (Wildman–Crippen LogP) is 1.31. The summed E-state index contributed by atoms with van der Waals surface area (Å²) in [6, 6.07) is 0.668.